The Bertz CT molecular complexity index is 645. The van der Waals surface area contributed by atoms with Crippen molar-refractivity contribution in [1.29, 1.82) is 0 Å². The van der Waals surface area contributed by atoms with Gasteiger partial charge in [0.05, 0.1) is 25.7 Å². The summed E-state index contributed by atoms with van der Waals surface area (Å²) in [5.41, 5.74) is 0.774. The van der Waals surface area contributed by atoms with Crippen molar-refractivity contribution in [2.75, 3.05) is 25.7 Å². The van der Waals surface area contributed by atoms with Gasteiger partial charge in [-0.2, -0.15) is 0 Å². The topological polar surface area (TPSA) is 93.7 Å². The molecule has 0 spiro atoms. The molecule has 2 rings (SSSR count). The first-order chi connectivity index (χ1) is 10.4. The molecule has 122 valence electrons. The van der Waals surface area contributed by atoms with Crippen LogP contribution in [0.2, 0.25) is 0 Å². The maximum Gasteiger partial charge on any atom is 0.315 e. The smallest absolute Gasteiger partial charge is 0.315 e. The quantitative estimate of drug-likeness (QED) is 0.829. The first-order valence-corrected chi connectivity index (χ1v) is 8.71. The van der Waals surface area contributed by atoms with Crippen LogP contribution < -0.4 is 20.1 Å². The predicted octanol–water partition coefficient (Wildman–Crippen LogP) is 0.690. The van der Waals surface area contributed by atoms with Gasteiger partial charge >= 0.3 is 6.03 Å². The molecule has 1 aromatic carbocycles. The summed E-state index contributed by atoms with van der Waals surface area (Å²) in [6.45, 7) is 0.256. The molecule has 2 amide bonds. The Morgan fingerprint density at radius 2 is 2.09 bits per heavy atom. The van der Waals surface area contributed by atoms with Gasteiger partial charge in [-0.25, -0.2) is 13.2 Å². The number of hydrogen-bond donors (Lipinski definition) is 2. The number of benzene rings is 1. The Kier molecular flexibility index (Phi) is 5.12. The van der Waals surface area contributed by atoms with E-state index in [1.807, 2.05) is 0 Å². The highest BCUT2D eigenvalue weighted by molar-refractivity contribution is 7.91. The van der Waals surface area contributed by atoms with Crippen molar-refractivity contribution < 1.29 is 22.7 Å². The normalized spacial score (nSPS) is 19.5. The summed E-state index contributed by atoms with van der Waals surface area (Å²) in [6.07, 6.45) is 0.457. The third-order valence-corrected chi connectivity index (χ3v) is 5.26. The van der Waals surface area contributed by atoms with Crippen molar-refractivity contribution in [3.05, 3.63) is 23.8 Å². The van der Waals surface area contributed by atoms with Crippen LogP contribution in [0.5, 0.6) is 11.5 Å². The molecule has 8 heteroatoms. The van der Waals surface area contributed by atoms with Crippen molar-refractivity contribution in [1.82, 2.24) is 10.6 Å². The van der Waals surface area contributed by atoms with E-state index >= 15 is 0 Å². The summed E-state index contributed by atoms with van der Waals surface area (Å²) < 4.78 is 33.1. The Morgan fingerprint density at radius 3 is 2.68 bits per heavy atom. The second-order valence-electron chi connectivity index (χ2n) is 5.10. The zero-order valence-corrected chi connectivity index (χ0v) is 13.4. The molecule has 1 unspecified atom stereocenters. The number of ether oxygens (including phenoxy) is 2. The van der Waals surface area contributed by atoms with Crippen molar-refractivity contribution in [2.45, 2.75) is 19.0 Å². The van der Waals surface area contributed by atoms with Crippen LogP contribution in [-0.2, 0) is 16.4 Å². The van der Waals surface area contributed by atoms with Crippen LogP contribution >= 0.6 is 0 Å². The molecular weight excluding hydrogens is 308 g/mol. The second kappa shape index (κ2) is 6.87. The highest BCUT2D eigenvalue weighted by Crippen LogP contribution is 2.23. The van der Waals surface area contributed by atoms with Gasteiger partial charge in [0.2, 0.25) is 0 Å². The van der Waals surface area contributed by atoms with Crippen LogP contribution in [0.1, 0.15) is 12.0 Å². The van der Waals surface area contributed by atoms with Crippen molar-refractivity contribution in [3.63, 3.8) is 0 Å². The fourth-order valence-corrected chi connectivity index (χ4v) is 4.01. The summed E-state index contributed by atoms with van der Waals surface area (Å²) in [5, 5.41) is 5.37. The van der Waals surface area contributed by atoms with Gasteiger partial charge in [0, 0.05) is 18.2 Å². The monoisotopic (exact) mass is 328 g/mol. The average molecular weight is 328 g/mol. The van der Waals surface area contributed by atoms with E-state index in [1.165, 1.54) is 0 Å². The zero-order valence-electron chi connectivity index (χ0n) is 12.6. The van der Waals surface area contributed by atoms with E-state index in [0.717, 1.165) is 5.56 Å². The molecule has 0 aliphatic carbocycles. The van der Waals surface area contributed by atoms with Gasteiger partial charge in [0.1, 0.15) is 11.5 Å². The van der Waals surface area contributed by atoms with Crippen LogP contribution in [0.25, 0.3) is 0 Å². The first-order valence-electron chi connectivity index (χ1n) is 6.89. The van der Waals surface area contributed by atoms with E-state index in [4.69, 9.17) is 9.47 Å². The number of hydrogen-bond acceptors (Lipinski definition) is 5. The lowest BCUT2D eigenvalue weighted by Gasteiger charge is -2.14. The Morgan fingerprint density at radius 1 is 1.32 bits per heavy atom. The van der Waals surface area contributed by atoms with Crippen molar-refractivity contribution >= 4 is 15.9 Å². The second-order valence-corrected chi connectivity index (χ2v) is 7.33. The fraction of sp³-hybridized carbons (Fsp3) is 0.500. The fourth-order valence-electron chi connectivity index (χ4n) is 2.34. The molecule has 0 aromatic heterocycles. The van der Waals surface area contributed by atoms with Gasteiger partial charge in [0.25, 0.3) is 0 Å². The zero-order chi connectivity index (χ0) is 16.2. The summed E-state index contributed by atoms with van der Waals surface area (Å²) in [4.78, 5) is 11.8. The number of amides is 2. The summed E-state index contributed by atoms with van der Waals surface area (Å²) >= 11 is 0. The van der Waals surface area contributed by atoms with Gasteiger partial charge < -0.3 is 20.1 Å². The third kappa shape index (κ3) is 4.27. The van der Waals surface area contributed by atoms with Crippen molar-refractivity contribution in [2.24, 2.45) is 0 Å². The average Bonchev–Trinajstić information content (AvgIpc) is 2.83. The van der Waals surface area contributed by atoms with Gasteiger partial charge in [-0.05, 0) is 24.6 Å². The largest absolute Gasteiger partial charge is 0.497 e. The van der Waals surface area contributed by atoms with Gasteiger partial charge in [-0.1, -0.05) is 0 Å². The maximum atomic E-state index is 11.8. The highest BCUT2D eigenvalue weighted by Gasteiger charge is 2.28. The van der Waals surface area contributed by atoms with E-state index in [2.05, 4.69) is 10.6 Å². The molecule has 22 heavy (non-hydrogen) atoms. The van der Waals surface area contributed by atoms with Gasteiger partial charge in [-0.3, -0.25) is 0 Å². The van der Waals surface area contributed by atoms with Crippen LogP contribution in [-0.4, -0.2) is 46.2 Å². The number of carbonyl (C=O) groups excluding carboxylic acids is 1. The number of urea groups is 1. The molecule has 1 heterocycles. The number of sulfone groups is 1. The molecule has 7 nitrogen and oxygen atoms in total. The SMILES string of the molecule is COc1ccc(OC)c(CNC(=O)NC2CCS(=O)(=O)C2)c1. The lowest BCUT2D eigenvalue weighted by Crippen LogP contribution is -2.42. The van der Waals surface area contributed by atoms with Crippen LogP contribution in [0.15, 0.2) is 18.2 Å². The number of methoxy groups -OCH3 is 2. The molecule has 0 bridgehead atoms. The summed E-state index contributed by atoms with van der Waals surface area (Å²) in [7, 11) is 0.105. The molecule has 1 fully saturated rings. The molecule has 1 aromatic rings. The van der Waals surface area contributed by atoms with Crippen LogP contribution in [0.3, 0.4) is 0 Å². The molecule has 0 radical (unpaired) electrons. The molecular formula is C14H20N2O5S. The summed E-state index contributed by atoms with van der Waals surface area (Å²) in [5.74, 6) is 1.44. The highest BCUT2D eigenvalue weighted by atomic mass is 32.2. The molecule has 1 aliphatic heterocycles. The van der Waals surface area contributed by atoms with E-state index in [1.54, 1.807) is 32.4 Å². The van der Waals surface area contributed by atoms with Crippen molar-refractivity contribution in [3.8, 4) is 11.5 Å². The summed E-state index contributed by atoms with van der Waals surface area (Å²) in [6, 6.07) is 4.59. The number of carbonyl (C=O) groups is 1. The van der Waals surface area contributed by atoms with E-state index < -0.39 is 15.9 Å². The van der Waals surface area contributed by atoms with Gasteiger partial charge in [-0.15, -0.1) is 0 Å². The Hall–Kier alpha value is -1.96. The van der Waals surface area contributed by atoms with Crippen LogP contribution in [0.4, 0.5) is 4.79 Å². The lowest BCUT2D eigenvalue weighted by molar-refractivity contribution is 0.237. The minimum atomic E-state index is -3.01. The van der Waals surface area contributed by atoms with Gasteiger partial charge in [0.15, 0.2) is 9.84 Å². The van der Waals surface area contributed by atoms with E-state index in [9.17, 15) is 13.2 Å². The first kappa shape index (κ1) is 16.4. The Labute approximate surface area is 129 Å². The molecule has 2 N–H and O–H groups in total. The third-order valence-electron chi connectivity index (χ3n) is 3.49. The van der Waals surface area contributed by atoms with E-state index in [-0.39, 0.29) is 24.1 Å². The van der Waals surface area contributed by atoms with Crippen LogP contribution in [0, 0.1) is 0 Å². The molecule has 1 aliphatic rings. The molecule has 1 saturated heterocycles. The number of nitrogens with one attached hydrogen (secondary N) is 2. The standard InChI is InChI=1S/C14H20N2O5S/c1-20-12-3-4-13(21-2)10(7-12)8-15-14(17)16-11-5-6-22(18,19)9-11/h3-4,7,11H,5-6,8-9H2,1-2H3,(H2,15,16,17). The Balaban J connectivity index is 1.91. The maximum absolute atomic E-state index is 11.8. The minimum Gasteiger partial charge on any atom is -0.497 e. The molecule has 1 atom stereocenters. The molecule has 0 saturated carbocycles. The van der Waals surface area contributed by atoms with E-state index in [0.29, 0.717) is 17.9 Å². The minimum absolute atomic E-state index is 0.00288. The number of rotatable bonds is 5. The lowest BCUT2D eigenvalue weighted by atomic mass is 10.2. The predicted molar refractivity (Wildman–Crippen MR) is 82.0 cm³/mol.